The van der Waals surface area contributed by atoms with E-state index in [1.165, 1.54) is 6.07 Å². The number of nitrogens with one attached hydrogen (secondary N) is 1. The first-order chi connectivity index (χ1) is 9.60. The molecule has 20 heavy (non-hydrogen) atoms. The van der Waals surface area contributed by atoms with E-state index in [1.807, 2.05) is 6.07 Å². The summed E-state index contributed by atoms with van der Waals surface area (Å²) in [5.41, 5.74) is 2.39. The lowest BCUT2D eigenvalue weighted by atomic mass is 10.1. The summed E-state index contributed by atoms with van der Waals surface area (Å²) in [6, 6.07) is 13.1. The molecule has 2 aromatic carbocycles. The summed E-state index contributed by atoms with van der Waals surface area (Å²) < 4.78 is 13.1. The molecule has 0 atom stereocenters. The molecule has 0 fully saturated rings. The quantitative estimate of drug-likeness (QED) is 0.930. The summed E-state index contributed by atoms with van der Waals surface area (Å²) in [4.78, 5) is 11.9. The predicted molar refractivity (Wildman–Crippen MR) is 73.5 cm³/mol. The fourth-order valence-electron chi connectivity index (χ4n) is 1.80. The van der Waals surface area contributed by atoms with Crippen molar-refractivity contribution in [3.63, 3.8) is 0 Å². The second-order valence-electron chi connectivity index (χ2n) is 4.46. The van der Waals surface area contributed by atoms with Crippen molar-refractivity contribution in [1.29, 1.82) is 5.26 Å². The Labute approximate surface area is 116 Å². The van der Waals surface area contributed by atoms with Gasteiger partial charge in [-0.3, -0.25) is 4.79 Å². The Morgan fingerprint density at radius 3 is 2.55 bits per heavy atom. The van der Waals surface area contributed by atoms with Crippen molar-refractivity contribution in [3.8, 4) is 6.07 Å². The summed E-state index contributed by atoms with van der Waals surface area (Å²) in [6.45, 7) is 2.02. The molecule has 0 aliphatic carbocycles. The smallest absolute Gasteiger partial charge is 0.251 e. The SMILES string of the molecule is Cc1cc(CNC(=O)c2ccc(C#N)cc2)ccc1F. The Morgan fingerprint density at radius 2 is 1.95 bits per heavy atom. The number of benzene rings is 2. The third kappa shape index (κ3) is 3.21. The first kappa shape index (κ1) is 13.8. The van der Waals surface area contributed by atoms with Gasteiger partial charge in [-0.2, -0.15) is 5.26 Å². The van der Waals surface area contributed by atoms with Crippen molar-refractivity contribution in [2.45, 2.75) is 13.5 Å². The number of aryl methyl sites for hydroxylation is 1. The molecule has 1 N–H and O–H groups in total. The van der Waals surface area contributed by atoms with Crippen molar-refractivity contribution in [2.24, 2.45) is 0 Å². The van der Waals surface area contributed by atoms with Crippen molar-refractivity contribution in [3.05, 3.63) is 70.5 Å². The summed E-state index contributed by atoms with van der Waals surface area (Å²) in [7, 11) is 0. The molecule has 100 valence electrons. The Balaban J connectivity index is 2.01. The van der Waals surface area contributed by atoms with E-state index < -0.39 is 0 Å². The number of hydrogen-bond acceptors (Lipinski definition) is 2. The van der Waals surface area contributed by atoms with Crippen LogP contribution in [-0.2, 0) is 6.54 Å². The molecule has 0 heterocycles. The second kappa shape index (κ2) is 5.98. The standard InChI is InChI=1S/C16H13FN2O/c1-11-8-13(4-7-15(11)17)10-19-16(20)14-5-2-12(9-18)3-6-14/h2-8H,10H2,1H3,(H,19,20). The first-order valence-corrected chi connectivity index (χ1v) is 6.13. The minimum absolute atomic E-state index is 0.225. The van der Waals surface area contributed by atoms with Crippen LogP contribution >= 0.6 is 0 Å². The summed E-state index contributed by atoms with van der Waals surface area (Å²) >= 11 is 0. The van der Waals surface area contributed by atoms with Gasteiger partial charge in [-0.25, -0.2) is 4.39 Å². The fourth-order valence-corrected chi connectivity index (χ4v) is 1.80. The van der Waals surface area contributed by atoms with Gasteiger partial charge < -0.3 is 5.32 Å². The van der Waals surface area contributed by atoms with E-state index in [2.05, 4.69) is 5.32 Å². The van der Waals surface area contributed by atoms with Gasteiger partial charge >= 0.3 is 0 Å². The van der Waals surface area contributed by atoms with Gasteiger partial charge in [0.25, 0.3) is 5.91 Å². The van der Waals surface area contributed by atoms with Crippen molar-refractivity contribution in [2.75, 3.05) is 0 Å². The highest BCUT2D eigenvalue weighted by Crippen LogP contribution is 2.09. The fraction of sp³-hybridized carbons (Fsp3) is 0.125. The van der Waals surface area contributed by atoms with Crippen LogP contribution in [-0.4, -0.2) is 5.91 Å². The maximum Gasteiger partial charge on any atom is 0.251 e. The third-order valence-electron chi connectivity index (χ3n) is 2.95. The van der Waals surface area contributed by atoms with E-state index in [-0.39, 0.29) is 11.7 Å². The van der Waals surface area contributed by atoms with Gasteiger partial charge in [-0.1, -0.05) is 12.1 Å². The van der Waals surface area contributed by atoms with Crippen molar-refractivity contribution in [1.82, 2.24) is 5.32 Å². The lowest BCUT2D eigenvalue weighted by Gasteiger charge is -2.06. The van der Waals surface area contributed by atoms with Crippen LogP contribution in [0.1, 0.15) is 27.0 Å². The van der Waals surface area contributed by atoms with Gasteiger partial charge in [-0.05, 0) is 48.4 Å². The summed E-state index contributed by atoms with van der Waals surface area (Å²) in [5, 5.41) is 11.4. The first-order valence-electron chi connectivity index (χ1n) is 6.13. The normalized spacial score (nSPS) is 9.85. The molecule has 0 spiro atoms. The number of nitrogens with zero attached hydrogens (tertiary/aromatic N) is 1. The zero-order valence-corrected chi connectivity index (χ0v) is 11.0. The van der Waals surface area contributed by atoms with E-state index in [4.69, 9.17) is 5.26 Å². The second-order valence-corrected chi connectivity index (χ2v) is 4.46. The van der Waals surface area contributed by atoms with Crippen LogP contribution in [0.2, 0.25) is 0 Å². The molecule has 0 aromatic heterocycles. The highest BCUT2D eigenvalue weighted by molar-refractivity contribution is 5.94. The molecule has 0 bridgehead atoms. The van der Waals surface area contributed by atoms with Crippen LogP contribution in [0.15, 0.2) is 42.5 Å². The Hall–Kier alpha value is -2.67. The lowest BCUT2D eigenvalue weighted by molar-refractivity contribution is 0.0951. The van der Waals surface area contributed by atoms with Crippen LogP contribution in [0.4, 0.5) is 4.39 Å². The van der Waals surface area contributed by atoms with E-state index >= 15 is 0 Å². The van der Waals surface area contributed by atoms with Crippen LogP contribution in [0.25, 0.3) is 0 Å². The number of carbonyl (C=O) groups excluding carboxylic acids is 1. The molecule has 2 rings (SSSR count). The summed E-state index contributed by atoms with van der Waals surface area (Å²) in [5.74, 6) is -0.483. The predicted octanol–water partition coefficient (Wildman–Crippen LogP) is 2.94. The molecule has 0 unspecified atom stereocenters. The highest BCUT2D eigenvalue weighted by atomic mass is 19.1. The average molecular weight is 268 g/mol. The molecule has 0 aliphatic rings. The van der Waals surface area contributed by atoms with Gasteiger partial charge in [0.15, 0.2) is 0 Å². The lowest BCUT2D eigenvalue weighted by Crippen LogP contribution is -2.22. The molecular formula is C16H13FN2O. The summed E-state index contributed by atoms with van der Waals surface area (Å²) in [6.07, 6.45) is 0. The Morgan fingerprint density at radius 1 is 1.25 bits per heavy atom. The molecule has 0 aliphatic heterocycles. The van der Waals surface area contributed by atoms with Crippen LogP contribution in [0.3, 0.4) is 0 Å². The molecule has 2 aromatic rings. The van der Waals surface area contributed by atoms with Crippen molar-refractivity contribution >= 4 is 5.91 Å². The minimum Gasteiger partial charge on any atom is -0.348 e. The maximum atomic E-state index is 13.1. The molecule has 0 radical (unpaired) electrons. The topological polar surface area (TPSA) is 52.9 Å². The largest absolute Gasteiger partial charge is 0.348 e. The highest BCUT2D eigenvalue weighted by Gasteiger charge is 2.06. The number of amides is 1. The van der Waals surface area contributed by atoms with Gasteiger partial charge in [0.2, 0.25) is 0 Å². The number of nitriles is 1. The third-order valence-corrected chi connectivity index (χ3v) is 2.95. The van der Waals surface area contributed by atoms with Gasteiger partial charge in [0, 0.05) is 12.1 Å². The Kier molecular flexibility index (Phi) is 4.11. The molecule has 0 saturated heterocycles. The van der Waals surface area contributed by atoms with Gasteiger partial charge in [0.1, 0.15) is 5.82 Å². The Bertz CT molecular complexity index is 672. The van der Waals surface area contributed by atoms with Crippen molar-refractivity contribution < 1.29 is 9.18 Å². The van der Waals surface area contributed by atoms with Crippen LogP contribution in [0.5, 0.6) is 0 Å². The maximum absolute atomic E-state index is 13.1. The van der Waals surface area contributed by atoms with Gasteiger partial charge in [-0.15, -0.1) is 0 Å². The van der Waals surface area contributed by atoms with Gasteiger partial charge in [0.05, 0.1) is 11.6 Å². The molecule has 4 heteroatoms. The van der Waals surface area contributed by atoms with Crippen LogP contribution < -0.4 is 5.32 Å². The average Bonchev–Trinajstić information content (AvgIpc) is 2.48. The van der Waals surface area contributed by atoms with E-state index in [0.717, 1.165) is 5.56 Å². The number of carbonyl (C=O) groups is 1. The number of rotatable bonds is 3. The minimum atomic E-state index is -0.257. The van der Waals surface area contributed by atoms with E-state index in [9.17, 15) is 9.18 Å². The van der Waals surface area contributed by atoms with Crippen LogP contribution in [0, 0.1) is 24.1 Å². The number of hydrogen-bond donors (Lipinski definition) is 1. The molecular weight excluding hydrogens is 255 g/mol. The molecule has 1 amide bonds. The van der Waals surface area contributed by atoms with E-state index in [1.54, 1.807) is 43.3 Å². The molecule has 3 nitrogen and oxygen atoms in total. The zero-order chi connectivity index (χ0) is 14.5. The van der Waals surface area contributed by atoms with E-state index in [0.29, 0.717) is 23.2 Å². The zero-order valence-electron chi connectivity index (χ0n) is 11.0. The molecule has 0 saturated carbocycles. The number of halogens is 1. The monoisotopic (exact) mass is 268 g/mol.